The van der Waals surface area contributed by atoms with Crippen molar-refractivity contribution >= 4 is 17.3 Å². The quantitative estimate of drug-likeness (QED) is 0.689. The third-order valence-corrected chi connectivity index (χ3v) is 6.00. The number of rotatable bonds is 8. The van der Waals surface area contributed by atoms with E-state index in [0.717, 1.165) is 62.9 Å². The molecule has 2 aliphatic rings. The highest BCUT2D eigenvalue weighted by Crippen LogP contribution is 2.29. The second-order valence-electron chi connectivity index (χ2n) is 8.25. The van der Waals surface area contributed by atoms with Crippen LogP contribution in [0.4, 0.5) is 11.4 Å². The molecule has 0 saturated carbocycles. The Morgan fingerprint density at radius 1 is 1.13 bits per heavy atom. The molecule has 1 N–H and O–H groups in total. The minimum Gasteiger partial charge on any atom is -0.494 e. The molecule has 2 aliphatic heterocycles. The number of amides is 1. The van der Waals surface area contributed by atoms with Crippen LogP contribution in [-0.4, -0.2) is 50.3 Å². The summed E-state index contributed by atoms with van der Waals surface area (Å²) in [6, 6.07) is 14.8. The van der Waals surface area contributed by atoms with Gasteiger partial charge in [-0.3, -0.25) is 9.69 Å². The van der Waals surface area contributed by atoms with Crippen molar-refractivity contribution in [2.75, 3.05) is 49.7 Å². The molecule has 0 aliphatic carbocycles. The fraction of sp³-hybridized carbons (Fsp3) is 0.480. The Morgan fingerprint density at radius 2 is 1.97 bits per heavy atom. The van der Waals surface area contributed by atoms with Gasteiger partial charge in [-0.15, -0.1) is 0 Å². The lowest BCUT2D eigenvalue weighted by Gasteiger charge is -2.28. The molecule has 2 aromatic carbocycles. The van der Waals surface area contributed by atoms with Gasteiger partial charge in [0.15, 0.2) is 0 Å². The smallest absolute Gasteiger partial charge is 0.227 e. The SMILES string of the molecule is CCOc1ccc(C(C)Nc2cccc(N3CCCC3=O)c2)cc1CN1CCOCC1. The van der Waals surface area contributed by atoms with Gasteiger partial charge in [0.2, 0.25) is 5.91 Å². The van der Waals surface area contributed by atoms with Crippen molar-refractivity contribution < 1.29 is 14.3 Å². The minimum absolute atomic E-state index is 0.128. The third-order valence-electron chi connectivity index (χ3n) is 6.00. The summed E-state index contributed by atoms with van der Waals surface area (Å²) in [5.74, 6) is 1.17. The average Bonchev–Trinajstić information content (AvgIpc) is 3.22. The molecule has 2 saturated heterocycles. The van der Waals surface area contributed by atoms with Gasteiger partial charge >= 0.3 is 0 Å². The highest BCUT2D eigenvalue weighted by atomic mass is 16.5. The third kappa shape index (κ3) is 5.38. The van der Waals surface area contributed by atoms with Gasteiger partial charge < -0.3 is 19.7 Å². The van der Waals surface area contributed by atoms with Crippen LogP contribution >= 0.6 is 0 Å². The lowest BCUT2D eigenvalue weighted by atomic mass is 10.0. The fourth-order valence-corrected chi connectivity index (χ4v) is 4.31. The van der Waals surface area contributed by atoms with Crippen LogP contribution in [0.5, 0.6) is 5.75 Å². The summed E-state index contributed by atoms with van der Waals surface area (Å²) in [6.45, 7) is 10.0. The van der Waals surface area contributed by atoms with Gasteiger partial charge in [-0.2, -0.15) is 0 Å². The van der Waals surface area contributed by atoms with E-state index in [4.69, 9.17) is 9.47 Å². The van der Waals surface area contributed by atoms with Crippen molar-refractivity contribution in [2.45, 2.75) is 39.3 Å². The van der Waals surface area contributed by atoms with Gasteiger partial charge in [0.1, 0.15) is 5.75 Å². The summed E-state index contributed by atoms with van der Waals surface area (Å²) >= 11 is 0. The van der Waals surface area contributed by atoms with Crippen LogP contribution in [0.15, 0.2) is 42.5 Å². The Labute approximate surface area is 185 Å². The van der Waals surface area contributed by atoms with E-state index in [-0.39, 0.29) is 11.9 Å². The van der Waals surface area contributed by atoms with Crippen molar-refractivity contribution in [1.82, 2.24) is 4.90 Å². The Bertz CT molecular complexity index is 895. The summed E-state index contributed by atoms with van der Waals surface area (Å²) in [5.41, 5.74) is 4.42. The zero-order valence-corrected chi connectivity index (χ0v) is 18.6. The molecule has 2 heterocycles. The topological polar surface area (TPSA) is 54.0 Å². The number of hydrogen-bond donors (Lipinski definition) is 1. The van der Waals surface area contributed by atoms with E-state index in [1.54, 1.807) is 0 Å². The number of anilines is 2. The second-order valence-corrected chi connectivity index (χ2v) is 8.25. The fourth-order valence-electron chi connectivity index (χ4n) is 4.31. The highest BCUT2D eigenvalue weighted by Gasteiger charge is 2.22. The molecular formula is C25H33N3O3. The molecule has 4 rings (SSSR count). The summed E-state index contributed by atoms with van der Waals surface area (Å²) < 4.78 is 11.4. The minimum atomic E-state index is 0.128. The molecule has 1 unspecified atom stereocenters. The maximum atomic E-state index is 12.1. The van der Waals surface area contributed by atoms with E-state index in [9.17, 15) is 4.79 Å². The molecule has 0 bridgehead atoms. The lowest BCUT2D eigenvalue weighted by Crippen LogP contribution is -2.35. The maximum Gasteiger partial charge on any atom is 0.227 e. The van der Waals surface area contributed by atoms with Crippen LogP contribution in [0.25, 0.3) is 0 Å². The first-order valence-corrected chi connectivity index (χ1v) is 11.4. The number of nitrogens with zero attached hydrogens (tertiary/aromatic N) is 2. The number of ether oxygens (including phenoxy) is 2. The number of nitrogens with one attached hydrogen (secondary N) is 1. The van der Waals surface area contributed by atoms with Crippen molar-refractivity contribution in [3.63, 3.8) is 0 Å². The number of morpholine rings is 1. The van der Waals surface area contributed by atoms with Crippen LogP contribution in [0.2, 0.25) is 0 Å². The van der Waals surface area contributed by atoms with Gasteiger partial charge in [0, 0.05) is 55.6 Å². The van der Waals surface area contributed by atoms with E-state index < -0.39 is 0 Å². The molecule has 0 aromatic heterocycles. The zero-order valence-electron chi connectivity index (χ0n) is 18.6. The predicted molar refractivity (Wildman–Crippen MR) is 124 cm³/mol. The van der Waals surface area contributed by atoms with E-state index in [2.05, 4.69) is 47.5 Å². The van der Waals surface area contributed by atoms with Crippen LogP contribution < -0.4 is 15.0 Å². The van der Waals surface area contributed by atoms with Crippen LogP contribution in [0.1, 0.15) is 43.9 Å². The van der Waals surface area contributed by atoms with Gasteiger partial charge in [-0.1, -0.05) is 12.1 Å². The van der Waals surface area contributed by atoms with Crippen molar-refractivity contribution in [1.29, 1.82) is 0 Å². The molecular weight excluding hydrogens is 390 g/mol. The van der Waals surface area contributed by atoms with Crippen LogP contribution in [-0.2, 0) is 16.1 Å². The first-order chi connectivity index (χ1) is 15.1. The first kappa shape index (κ1) is 21.7. The molecule has 31 heavy (non-hydrogen) atoms. The molecule has 0 spiro atoms. The maximum absolute atomic E-state index is 12.1. The number of carbonyl (C=O) groups excluding carboxylic acids is 1. The summed E-state index contributed by atoms with van der Waals surface area (Å²) in [6.07, 6.45) is 1.58. The van der Waals surface area contributed by atoms with Crippen molar-refractivity contribution in [2.24, 2.45) is 0 Å². The first-order valence-electron chi connectivity index (χ1n) is 11.4. The Hall–Kier alpha value is -2.57. The summed E-state index contributed by atoms with van der Waals surface area (Å²) in [7, 11) is 0. The van der Waals surface area contributed by atoms with Gasteiger partial charge in [-0.05, 0) is 56.2 Å². The second kappa shape index (κ2) is 10.2. The van der Waals surface area contributed by atoms with E-state index in [0.29, 0.717) is 13.0 Å². The normalized spacial score (nSPS) is 18.3. The van der Waals surface area contributed by atoms with Crippen molar-refractivity contribution in [3.8, 4) is 5.75 Å². The Kier molecular flexibility index (Phi) is 7.10. The standard InChI is InChI=1S/C25H33N3O3/c1-3-31-24-10-9-20(16-21(24)18-27-12-14-30-15-13-27)19(2)26-22-6-4-7-23(17-22)28-11-5-8-25(28)29/h4,6-7,9-10,16-17,19,26H,3,5,8,11-15,18H2,1-2H3. The monoisotopic (exact) mass is 423 g/mol. The molecule has 0 radical (unpaired) electrons. The number of carbonyl (C=O) groups is 1. The van der Waals surface area contributed by atoms with E-state index >= 15 is 0 Å². The molecule has 6 nitrogen and oxygen atoms in total. The molecule has 1 amide bonds. The molecule has 2 fully saturated rings. The van der Waals surface area contributed by atoms with Gasteiger partial charge in [0.25, 0.3) is 0 Å². The van der Waals surface area contributed by atoms with Gasteiger partial charge in [0.05, 0.1) is 19.8 Å². The van der Waals surface area contributed by atoms with E-state index in [1.165, 1.54) is 11.1 Å². The average molecular weight is 424 g/mol. The van der Waals surface area contributed by atoms with Crippen LogP contribution in [0, 0.1) is 0 Å². The van der Waals surface area contributed by atoms with Gasteiger partial charge in [-0.25, -0.2) is 0 Å². The molecule has 166 valence electrons. The highest BCUT2D eigenvalue weighted by molar-refractivity contribution is 5.95. The molecule has 6 heteroatoms. The molecule has 2 aromatic rings. The Morgan fingerprint density at radius 3 is 2.71 bits per heavy atom. The Balaban J connectivity index is 1.49. The largest absolute Gasteiger partial charge is 0.494 e. The van der Waals surface area contributed by atoms with E-state index in [1.807, 2.05) is 24.0 Å². The summed E-state index contributed by atoms with van der Waals surface area (Å²) in [5, 5.41) is 3.61. The predicted octanol–water partition coefficient (Wildman–Crippen LogP) is 4.22. The zero-order chi connectivity index (χ0) is 21.6. The summed E-state index contributed by atoms with van der Waals surface area (Å²) in [4.78, 5) is 16.4. The molecule has 1 atom stereocenters. The van der Waals surface area contributed by atoms with Crippen LogP contribution in [0.3, 0.4) is 0 Å². The van der Waals surface area contributed by atoms with Crippen molar-refractivity contribution in [3.05, 3.63) is 53.6 Å². The number of hydrogen-bond acceptors (Lipinski definition) is 5. The number of benzene rings is 2. The lowest BCUT2D eigenvalue weighted by molar-refractivity contribution is -0.117.